The van der Waals surface area contributed by atoms with E-state index in [4.69, 9.17) is 9.47 Å². The van der Waals surface area contributed by atoms with Gasteiger partial charge in [0.2, 0.25) is 10.0 Å². The van der Waals surface area contributed by atoms with Gasteiger partial charge in [-0.2, -0.15) is 4.31 Å². The highest BCUT2D eigenvalue weighted by Crippen LogP contribution is 2.40. The fourth-order valence-electron chi connectivity index (χ4n) is 4.83. The molecule has 1 aromatic carbocycles. The number of rotatable bonds is 5. The van der Waals surface area contributed by atoms with Crippen LogP contribution in [0.2, 0.25) is 0 Å². The first-order valence-corrected chi connectivity index (χ1v) is 13.6. The molecule has 2 fully saturated rings. The number of amides is 1. The number of nitrogens with zero attached hydrogens (tertiary/aromatic N) is 3. The summed E-state index contributed by atoms with van der Waals surface area (Å²) in [6, 6.07) is 6.33. The van der Waals surface area contributed by atoms with Gasteiger partial charge in [-0.1, -0.05) is 13.3 Å². The molecular formula is C23H35N3O5S. The Labute approximate surface area is 191 Å². The Kier molecular flexibility index (Phi) is 6.86. The predicted octanol–water partition coefficient (Wildman–Crippen LogP) is 2.86. The minimum atomic E-state index is -3.12. The minimum absolute atomic E-state index is 0.199. The van der Waals surface area contributed by atoms with Gasteiger partial charge in [0.25, 0.3) is 0 Å². The van der Waals surface area contributed by atoms with Crippen molar-refractivity contribution in [2.75, 3.05) is 57.0 Å². The van der Waals surface area contributed by atoms with Gasteiger partial charge in [0.1, 0.15) is 11.4 Å². The van der Waals surface area contributed by atoms with Crippen molar-refractivity contribution in [2.24, 2.45) is 0 Å². The van der Waals surface area contributed by atoms with E-state index in [1.807, 2.05) is 0 Å². The molecule has 0 aliphatic carbocycles. The van der Waals surface area contributed by atoms with E-state index in [0.717, 1.165) is 50.0 Å². The standard InChI is InChI=1S/C23H35N3O5S/c1-3-4-17-30-22(27)25-11-9-23(10-12-25)8-7-19-18-20(5-6-21(19)31-23)24-13-15-26(16-14-24)32(2,28)29/h5-6,18H,3-4,7-17H2,1-2H3. The van der Waals surface area contributed by atoms with Crippen LogP contribution in [0.25, 0.3) is 0 Å². The number of sulfonamides is 1. The molecule has 0 atom stereocenters. The van der Waals surface area contributed by atoms with Crippen LogP contribution in [-0.4, -0.2) is 81.4 Å². The molecule has 3 heterocycles. The molecule has 32 heavy (non-hydrogen) atoms. The molecule has 0 aromatic heterocycles. The lowest BCUT2D eigenvalue weighted by Gasteiger charge is -2.44. The fraction of sp³-hybridized carbons (Fsp3) is 0.696. The molecule has 3 aliphatic heterocycles. The zero-order chi connectivity index (χ0) is 22.8. The van der Waals surface area contributed by atoms with E-state index in [2.05, 4.69) is 30.0 Å². The van der Waals surface area contributed by atoms with E-state index in [9.17, 15) is 13.2 Å². The van der Waals surface area contributed by atoms with E-state index in [0.29, 0.717) is 45.9 Å². The summed E-state index contributed by atoms with van der Waals surface area (Å²) in [5.41, 5.74) is 2.14. The number of carbonyl (C=O) groups is 1. The summed E-state index contributed by atoms with van der Waals surface area (Å²) >= 11 is 0. The van der Waals surface area contributed by atoms with Crippen molar-refractivity contribution in [1.82, 2.24) is 9.21 Å². The van der Waals surface area contributed by atoms with E-state index < -0.39 is 10.0 Å². The second-order valence-electron chi connectivity index (χ2n) is 9.18. The summed E-state index contributed by atoms with van der Waals surface area (Å²) in [5, 5.41) is 0. The molecule has 2 saturated heterocycles. The molecule has 0 unspecified atom stereocenters. The van der Waals surface area contributed by atoms with Gasteiger partial charge in [-0.15, -0.1) is 0 Å². The van der Waals surface area contributed by atoms with Crippen LogP contribution in [0.1, 0.15) is 44.6 Å². The van der Waals surface area contributed by atoms with Gasteiger partial charge >= 0.3 is 6.09 Å². The van der Waals surface area contributed by atoms with Crippen molar-refractivity contribution in [3.05, 3.63) is 23.8 Å². The monoisotopic (exact) mass is 465 g/mol. The summed E-state index contributed by atoms with van der Waals surface area (Å²) < 4.78 is 36.9. The largest absolute Gasteiger partial charge is 0.487 e. The molecule has 8 nitrogen and oxygen atoms in total. The van der Waals surface area contributed by atoms with Crippen molar-refractivity contribution in [3.8, 4) is 5.75 Å². The average molecular weight is 466 g/mol. The lowest BCUT2D eigenvalue weighted by Crippen LogP contribution is -2.51. The highest BCUT2D eigenvalue weighted by atomic mass is 32.2. The highest BCUT2D eigenvalue weighted by molar-refractivity contribution is 7.88. The maximum absolute atomic E-state index is 12.2. The molecule has 178 valence electrons. The Bertz CT molecular complexity index is 920. The Morgan fingerprint density at radius 1 is 1.09 bits per heavy atom. The number of piperidine rings is 1. The molecule has 3 aliphatic rings. The first-order chi connectivity index (χ1) is 15.3. The summed E-state index contributed by atoms with van der Waals surface area (Å²) in [6.07, 6.45) is 6.53. The number of aryl methyl sites for hydroxylation is 1. The molecule has 1 spiro atoms. The number of likely N-dealkylation sites (tertiary alicyclic amines) is 1. The lowest BCUT2D eigenvalue weighted by atomic mass is 9.83. The first kappa shape index (κ1) is 23.2. The summed E-state index contributed by atoms with van der Waals surface area (Å²) in [7, 11) is -3.12. The van der Waals surface area contributed by atoms with Gasteiger partial charge in [-0.05, 0) is 43.0 Å². The second-order valence-corrected chi connectivity index (χ2v) is 11.2. The fourth-order valence-corrected chi connectivity index (χ4v) is 5.65. The molecule has 0 saturated carbocycles. The Balaban J connectivity index is 1.33. The van der Waals surface area contributed by atoms with Crippen LogP contribution in [0.15, 0.2) is 18.2 Å². The Morgan fingerprint density at radius 3 is 2.47 bits per heavy atom. The molecule has 1 amide bonds. The van der Waals surface area contributed by atoms with Crippen LogP contribution >= 0.6 is 0 Å². The van der Waals surface area contributed by atoms with Gasteiger partial charge < -0.3 is 19.3 Å². The van der Waals surface area contributed by atoms with Crippen LogP contribution in [0.3, 0.4) is 0 Å². The van der Waals surface area contributed by atoms with Crippen molar-refractivity contribution < 1.29 is 22.7 Å². The SMILES string of the molecule is CCCCOC(=O)N1CCC2(CCc3cc(N4CCN(S(C)(=O)=O)CC4)ccc3O2)CC1. The van der Waals surface area contributed by atoms with E-state index >= 15 is 0 Å². The van der Waals surface area contributed by atoms with E-state index in [-0.39, 0.29) is 11.7 Å². The number of ether oxygens (including phenoxy) is 2. The molecule has 4 rings (SSSR count). The number of fused-ring (bicyclic) bond motifs is 1. The quantitative estimate of drug-likeness (QED) is 0.622. The summed E-state index contributed by atoms with van der Waals surface area (Å²) in [5.74, 6) is 0.939. The van der Waals surface area contributed by atoms with Crippen LogP contribution in [0.4, 0.5) is 10.5 Å². The molecule has 0 N–H and O–H groups in total. The average Bonchev–Trinajstić information content (AvgIpc) is 2.79. The predicted molar refractivity (Wildman–Crippen MR) is 124 cm³/mol. The molecule has 0 bridgehead atoms. The number of piperazine rings is 1. The topological polar surface area (TPSA) is 79.4 Å². The third-order valence-corrected chi connectivity index (χ3v) is 8.25. The Hall–Kier alpha value is -2.00. The van der Waals surface area contributed by atoms with Crippen LogP contribution in [-0.2, 0) is 21.2 Å². The number of carbonyl (C=O) groups excluding carboxylic acids is 1. The summed E-state index contributed by atoms with van der Waals surface area (Å²) in [4.78, 5) is 16.3. The van der Waals surface area contributed by atoms with Crippen LogP contribution in [0, 0.1) is 0 Å². The van der Waals surface area contributed by atoms with Gasteiger partial charge in [0.15, 0.2) is 0 Å². The first-order valence-electron chi connectivity index (χ1n) is 11.7. The zero-order valence-electron chi connectivity index (χ0n) is 19.2. The van der Waals surface area contributed by atoms with Crippen LogP contribution < -0.4 is 9.64 Å². The van der Waals surface area contributed by atoms with Crippen molar-refractivity contribution >= 4 is 21.8 Å². The van der Waals surface area contributed by atoms with E-state index in [1.165, 1.54) is 11.8 Å². The van der Waals surface area contributed by atoms with Crippen molar-refractivity contribution in [1.29, 1.82) is 0 Å². The number of benzene rings is 1. The maximum Gasteiger partial charge on any atom is 0.409 e. The molecule has 9 heteroatoms. The maximum atomic E-state index is 12.2. The molecular weight excluding hydrogens is 430 g/mol. The van der Waals surface area contributed by atoms with Gasteiger partial charge in [-0.3, -0.25) is 0 Å². The van der Waals surface area contributed by atoms with Gasteiger partial charge in [-0.25, -0.2) is 13.2 Å². The molecule has 0 radical (unpaired) electrons. The van der Waals surface area contributed by atoms with Gasteiger partial charge in [0, 0.05) is 57.8 Å². The number of hydrogen-bond acceptors (Lipinski definition) is 6. The summed E-state index contributed by atoms with van der Waals surface area (Å²) in [6.45, 7) is 6.35. The normalized spacial score (nSPS) is 21.2. The minimum Gasteiger partial charge on any atom is -0.487 e. The number of anilines is 1. The van der Waals surface area contributed by atoms with Crippen molar-refractivity contribution in [2.45, 2.75) is 51.0 Å². The van der Waals surface area contributed by atoms with Crippen molar-refractivity contribution in [3.63, 3.8) is 0 Å². The second kappa shape index (κ2) is 9.47. The van der Waals surface area contributed by atoms with Crippen LogP contribution in [0.5, 0.6) is 5.75 Å². The smallest absolute Gasteiger partial charge is 0.409 e. The third kappa shape index (κ3) is 5.14. The van der Waals surface area contributed by atoms with E-state index in [1.54, 1.807) is 9.21 Å². The van der Waals surface area contributed by atoms with Gasteiger partial charge in [0.05, 0.1) is 12.9 Å². The molecule has 1 aromatic rings. The third-order valence-electron chi connectivity index (χ3n) is 6.95. The number of hydrogen-bond donors (Lipinski definition) is 0. The number of unbranched alkanes of at least 4 members (excludes halogenated alkanes) is 1. The highest BCUT2D eigenvalue weighted by Gasteiger charge is 2.41. The Morgan fingerprint density at radius 2 is 1.81 bits per heavy atom. The lowest BCUT2D eigenvalue weighted by molar-refractivity contribution is -0.0143. The zero-order valence-corrected chi connectivity index (χ0v) is 20.0.